The first-order valence-corrected chi connectivity index (χ1v) is 9.62. The maximum Gasteiger partial charge on any atom is 0.196 e. The molecule has 136 valence electrons. The van der Waals surface area contributed by atoms with Crippen molar-refractivity contribution in [3.63, 3.8) is 0 Å². The van der Waals surface area contributed by atoms with Gasteiger partial charge in [-0.2, -0.15) is 10.4 Å². The van der Waals surface area contributed by atoms with Crippen molar-refractivity contribution in [2.24, 2.45) is 5.10 Å². The van der Waals surface area contributed by atoms with Crippen LogP contribution in [0.4, 0.5) is 5.69 Å². The second kappa shape index (κ2) is 7.73. The summed E-state index contributed by atoms with van der Waals surface area (Å²) in [7, 11) is 0. The lowest BCUT2D eigenvalue weighted by Gasteiger charge is -2.10. The molecule has 0 unspecified atom stereocenters. The standard InChI is InChI=1S/C22H22N4S/c1-13-8-16(4)21(17(5)9-13)26-25-19(11-23)22-24-20(12-27-22)18-7-6-14(2)15(3)10-18/h6-10,12,26H,1-5H3/b25-19-. The first-order valence-electron chi connectivity index (χ1n) is 8.74. The number of hydrogen-bond donors (Lipinski definition) is 1. The molecule has 1 N–H and O–H groups in total. The van der Waals surface area contributed by atoms with Gasteiger partial charge in [0.15, 0.2) is 10.7 Å². The molecule has 3 aromatic rings. The van der Waals surface area contributed by atoms with E-state index in [0.717, 1.165) is 28.1 Å². The molecule has 2 aromatic carbocycles. The zero-order valence-electron chi connectivity index (χ0n) is 16.2. The largest absolute Gasteiger partial charge is 0.277 e. The maximum absolute atomic E-state index is 9.55. The fourth-order valence-electron chi connectivity index (χ4n) is 3.00. The molecular weight excluding hydrogens is 352 g/mol. The summed E-state index contributed by atoms with van der Waals surface area (Å²) in [5.74, 6) is 0. The van der Waals surface area contributed by atoms with E-state index in [0.29, 0.717) is 5.01 Å². The Morgan fingerprint density at radius 1 is 1.00 bits per heavy atom. The number of nitrogens with one attached hydrogen (secondary N) is 1. The topological polar surface area (TPSA) is 61.1 Å². The van der Waals surface area contributed by atoms with E-state index < -0.39 is 0 Å². The fourth-order valence-corrected chi connectivity index (χ4v) is 3.77. The molecule has 1 aromatic heterocycles. The molecule has 0 saturated heterocycles. The highest BCUT2D eigenvalue weighted by atomic mass is 32.1. The van der Waals surface area contributed by atoms with Gasteiger partial charge in [-0.25, -0.2) is 4.98 Å². The van der Waals surface area contributed by atoms with E-state index in [1.165, 1.54) is 28.0 Å². The third kappa shape index (κ3) is 4.07. The number of aromatic nitrogens is 1. The lowest BCUT2D eigenvalue weighted by atomic mass is 10.1. The molecule has 0 aliphatic heterocycles. The number of rotatable bonds is 4. The van der Waals surface area contributed by atoms with Crippen LogP contribution in [-0.2, 0) is 0 Å². The SMILES string of the molecule is Cc1cc(C)c(N/N=C(/C#N)c2nc(-c3ccc(C)c(C)c3)cs2)c(C)c1. The molecule has 4 nitrogen and oxygen atoms in total. The molecule has 0 bridgehead atoms. The van der Waals surface area contributed by atoms with Crippen molar-refractivity contribution in [3.05, 3.63) is 68.5 Å². The summed E-state index contributed by atoms with van der Waals surface area (Å²) >= 11 is 1.43. The summed E-state index contributed by atoms with van der Waals surface area (Å²) in [5.41, 5.74) is 12.1. The van der Waals surface area contributed by atoms with E-state index in [1.807, 2.05) is 19.2 Å². The normalized spacial score (nSPS) is 11.3. The lowest BCUT2D eigenvalue weighted by Crippen LogP contribution is -2.03. The predicted octanol–water partition coefficient (Wildman–Crippen LogP) is 5.69. The first kappa shape index (κ1) is 18.8. The molecule has 0 aliphatic carbocycles. The van der Waals surface area contributed by atoms with Crippen LogP contribution in [0.3, 0.4) is 0 Å². The Kier molecular flexibility index (Phi) is 5.38. The van der Waals surface area contributed by atoms with E-state index in [-0.39, 0.29) is 5.71 Å². The quantitative estimate of drug-likeness (QED) is 0.471. The number of aryl methyl sites for hydroxylation is 5. The lowest BCUT2D eigenvalue weighted by molar-refractivity contribution is 1.24. The molecule has 0 aliphatic rings. The molecule has 0 spiro atoms. The average molecular weight is 375 g/mol. The molecule has 0 fully saturated rings. The number of thiazole rings is 1. The van der Waals surface area contributed by atoms with Crippen molar-refractivity contribution in [3.8, 4) is 17.3 Å². The molecule has 3 rings (SSSR count). The minimum absolute atomic E-state index is 0.287. The summed E-state index contributed by atoms with van der Waals surface area (Å²) in [4.78, 5) is 4.62. The Morgan fingerprint density at radius 2 is 1.70 bits per heavy atom. The van der Waals surface area contributed by atoms with Gasteiger partial charge in [0.1, 0.15) is 6.07 Å². The molecule has 1 heterocycles. The minimum atomic E-state index is 0.287. The summed E-state index contributed by atoms with van der Waals surface area (Å²) in [6.45, 7) is 10.3. The molecule has 0 saturated carbocycles. The van der Waals surface area contributed by atoms with Crippen molar-refractivity contribution >= 4 is 22.7 Å². The third-order valence-electron chi connectivity index (χ3n) is 4.57. The van der Waals surface area contributed by atoms with E-state index in [9.17, 15) is 5.26 Å². The number of anilines is 1. The van der Waals surface area contributed by atoms with Gasteiger partial charge < -0.3 is 0 Å². The van der Waals surface area contributed by atoms with Crippen molar-refractivity contribution in [1.29, 1.82) is 5.26 Å². The van der Waals surface area contributed by atoms with Crippen molar-refractivity contribution in [2.75, 3.05) is 5.43 Å². The highest BCUT2D eigenvalue weighted by Gasteiger charge is 2.12. The van der Waals surface area contributed by atoms with Crippen LogP contribution in [0.5, 0.6) is 0 Å². The second-order valence-electron chi connectivity index (χ2n) is 6.79. The van der Waals surface area contributed by atoms with Gasteiger partial charge in [-0.1, -0.05) is 29.8 Å². The first-order chi connectivity index (χ1) is 12.9. The van der Waals surface area contributed by atoms with Gasteiger partial charge in [0.2, 0.25) is 0 Å². The summed E-state index contributed by atoms with van der Waals surface area (Å²) in [6.07, 6.45) is 0. The van der Waals surface area contributed by atoms with Crippen molar-refractivity contribution in [2.45, 2.75) is 34.6 Å². The number of benzene rings is 2. The Morgan fingerprint density at radius 3 is 2.33 bits per heavy atom. The Balaban J connectivity index is 1.89. The highest BCUT2D eigenvalue weighted by molar-refractivity contribution is 7.12. The van der Waals surface area contributed by atoms with Crippen LogP contribution < -0.4 is 5.43 Å². The number of nitriles is 1. The average Bonchev–Trinajstić information content (AvgIpc) is 3.09. The van der Waals surface area contributed by atoms with Gasteiger partial charge in [-0.15, -0.1) is 11.3 Å². The van der Waals surface area contributed by atoms with E-state index in [2.05, 4.69) is 72.7 Å². The summed E-state index contributed by atoms with van der Waals surface area (Å²) in [5, 5.41) is 16.5. The fraction of sp³-hybridized carbons (Fsp3) is 0.227. The van der Waals surface area contributed by atoms with Crippen LogP contribution >= 0.6 is 11.3 Å². The monoisotopic (exact) mass is 374 g/mol. The molecule has 5 heteroatoms. The van der Waals surface area contributed by atoms with Crippen LogP contribution in [0.1, 0.15) is 32.8 Å². The van der Waals surface area contributed by atoms with Crippen LogP contribution in [0.25, 0.3) is 11.3 Å². The van der Waals surface area contributed by atoms with E-state index in [1.54, 1.807) is 0 Å². The molecule has 0 radical (unpaired) electrons. The Hall–Kier alpha value is -2.97. The number of hydrazone groups is 1. The van der Waals surface area contributed by atoms with Gasteiger partial charge >= 0.3 is 0 Å². The summed E-state index contributed by atoms with van der Waals surface area (Å²) in [6, 6.07) is 12.6. The molecule has 27 heavy (non-hydrogen) atoms. The predicted molar refractivity (Wildman–Crippen MR) is 113 cm³/mol. The Labute approximate surface area is 164 Å². The van der Waals surface area contributed by atoms with E-state index >= 15 is 0 Å². The molecule has 0 atom stereocenters. The van der Waals surface area contributed by atoms with Crippen molar-refractivity contribution < 1.29 is 0 Å². The zero-order chi connectivity index (χ0) is 19.6. The van der Waals surface area contributed by atoms with Crippen LogP contribution in [0, 0.1) is 45.9 Å². The van der Waals surface area contributed by atoms with Crippen LogP contribution in [0.2, 0.25) is 0 Å². The summed E-state index contributed by atoms with van der Waals surface area (Å²) < 4.78 is 0. The van der Waals surface area contributed by atoms with Gasteiger partial charge in [-0.3, -0.25) is 5.43 Å². The molecular formula is C22H22N4S. The minimum Gasteiger partial charge on any atom is -0.277 e. The second-order valence-corrected chi connectivity index (χ2v) is 7.65. The van der Waals surface area contributed by atoms with Gasteiger partial charge in [0.05, 0.1) is 11.4 Å². The Bertz CT molecular complexity index is 1050. The third-order valence-corrected chi connectivity index (χ3v) is 5.42. The molecule has 0 amide bonds. The number of nitrogens with zero attached hydrogens (tertiary/aromatic N) is 3. The van der Waals surface area contributed by atoms with Crippen LogP contribution in [-0.4, -0.2) is 10.7 Å². The smallest absolute Gasteiger partial charge is 0.196 e. The zero-order valence-corrected chi connectivity index (χ0v) is 17.0. The van der Waals surface area contributed by atoms with Gasteiger partial charge in [0.25, 0.3) is 0 Å². The maximum atomic E-state index is 9.55. The van der Waals surface area contributed by atoms with E-state index in [4.69, 9.17) is 0 Å². The highest BCUT2D eigenvalue weighted by Crippen LogP contribution is 2.25. The number of hydrogen-bond acceptors (Lipinski definition) is 5. The van der Waals surface area contributed by atoms with Crippen molar-refractivity contribution in [1.82, 2.24) is 4.98 Å². The van der Waals surface area contributed by atoms with Crippen LogP contribution in [0.15, 0.2) is 40.8 Å². The van der Waals surface area contributed by atoms with Gasteiger partial charge in [-0.05, 0) is 62.9 Å². The van der Waals surface area contributed by atoms with Gasteiger partial charge in [0, 0.05) is 10.9 Å².